The average Bonchev–Trinajstić information content (AvgIpc) is 2.60. The van der Waals surface area contributed by atoms with Gasteiger partial charge in [0.2, 0.25) is 5.91 Å². The Bertz CT molecular complexity index is 841. The zero-order valence-corrected chi connectivity index (χ0v) is 15.9. The van der Waals surface area contributed by atoms with Crippen molar-refractivity contribution in [3.8, 4) is 11.1 Å². The van der Waals surface area contributed by atoms with Crippen LogP contribution in [0.15, 0.2) is 41.0 Å². The van der Waals surface area contributed by atoms with E-state index < -0.39 is 12.1 Å². The standard InChI is InChI=1S/C19H20BrN3O3/c1-11-3-2-4-15(23-19(25)26)17-9-12(7-8-21-17)14-6-5-13(20)10-16(14)22-18(11)24/h5-11,15,23H,2-4H2,1H3,(H,22,24)(H,25,26)/t11-,15+/m1/s1. The second-order valence-corrected chi connectivity index (χ2v) is 7.40. The van der Waals surface area contributed by atoms with E-state index in [4.69, 9.17) is 5.11 Å². The fourth-order valence-electron chi connectivity index (χ4n) is 3.14. The Hall–Kier alpha value is -2.41. The van der Waals surface area contributed by atoms with Crippen LogP contribution in [-0.2, 0) is 4.79 Å². The number of hydrogen-bond acceptors (Lipinski definition) is 3. The number of nitrogens with zero attached hydrogens (tertiary/aromatic N) is 1. The van der Waals surface area contributed by atoms with Crippen LogP contribution in [0, 0.1) is 5.92 Å². The van der Waals surface area contributed by atoms with Gasteiger partial charge in [0.05, 0.1) is 11.7 Å². The van der Waals surface area contributed by atoms with Crippen LogP contribution in [0.25, 0.3) is 11.1 Å². The predicted molar refractivity (Wildman–Crippen MR) is 103 cm³/mol. The minimum atomic E-state index is -1.08. The molecule has 3 rings (SSSR count). The number of halogens is 1. The third-order valence-electron chi connectivity index (χ3n) is 4.56. The summed E-state index contributed by atoms with van der Waals surface area (Å²) in [5.74, 6) is -0.208. The highest BCUT2D eigenvalue weighted by Crippen LogP contribution is 2.33. The van der Waals surface area contributed by atoms with E-state index in [2.05, 4.69) is 31.5 Å². The van der Waals surface area contributed by atoms with E-state index in [9.17, 15) is 9.59 Å². The summed E-state index contributed by atoms with van der Waals surface area (Å²) in [6.07, 6.45) is 2.57. The number of nitrogens with one attached hydrogen (secondary N) is 2. The van der Waals surface area contributed by atoms with Crippen LogP contribution in [0.3, 0.4) is 0 Å². The summed E-state index contributed by atoms with van der Waals surface area (Å²) in [4.78, 5) is 28.1. The summed E-state index contributed by atoms with van der Waals surface area (Å²) < 4.78 is 0.871. The molecule has 0 saturated heterocycles. The average molecular weight is 418 g/mol. The van der Waals surface area contributed by atoms with E-state index in [0.29, 0.717) is 18.5 Å². The summed E-state index contributed by atoms with van der Waals surface area (Å²) in [7, 11) is 0. The van der Waals surface area contributed by atoms with Crippen molar-refractivity contribution in [1.29, 1.82) is 0 Å². The summed E-state index contributed by atoms with van der Waals surface area (Å²) >= 11 is 3.45. The molecule has 1 aromatic carbocycles. The highest BCUT2D eigenvalue weighted by atomic mass is 79.9. The van der Waals surface area contributed by atoms with Gasteiger partial charge < -0.3 is 15.7 Å². The number of rotatable bonds is 1. The number of carbonyl (C=O) groups excluding carboxylic acids is 1. The first kappa shape index (κ1) is 18.4. The van der Waals surface area contributed by atoms with Gasteiger partial charge in [0, 0.05) is 27.8 Å². The molecule has 2 atom stereocenters. The fourth-order valence-corrected chi connectivity index (χ4v) is 3.50. The third kappa shape index (κ3) is 4.22. The maximum Gasteiger partial charge on any atom is 0.405 e. The molecular weight excluding hydrogens is 398 g/mol. The zero-order chi connectivity index (χ0) is 18.7. The SMILES string of the molecule is C[C@@H]1CCC[C@H](NC(=O)O)c2cc(ccn2)-c2ccc(Br)cc2NC1=O. The summed E-state index contributed by atoms with van der Waals surface area (Å²) in [5, 5.41) is 14.7. The van der Waals surface area contributed by atoms with Gasteiger partial charge in [-0.2, -0.15) is 0 Å². The Morgan fingerprint density at radius 3 is 2.88 bits per heavy atom. The Balaban J connectivity index is 2.10. The van der Waals surface area contributed by atoms with Gasteiger partial charge in [0.25, 0.3) is 0 Å². The largest absolute Gasteiger partial charge is 0.465 e. The Morgan fingerprint density at radius 1 is 1.31 bits per heavy atom. The summed E-state index contributed by atoms with van der Waals surface area (Å²) in [5.41, 5.74) is 3.14. The van der Waals surface area contributed by atoms with Gasteiger partial charge in [-0.05, 0) is 42.7 Å². The van der Waals surface area contributed by atoms with Gasteiger partial charge >= 0.3 is 6.09 Å². The van der Waals surface area contributed by atoms with Crippen molar-refractivity contribution in [2.45, 2.75) is 32.2 Å². The van der Waals surface area contributed by atoms with Crippen LogP contribution in [-0.4, -0.2) is 22.1 Å². The summed E-state index contributed by atoms with van der Waals surface area (Å²) in [6, 6.07) is 9.04. The minimum absolute atomic E-state index is 0.0399. The second-order valence-electron chi connectivity index (χ2n) is 6.48. The van der Waals surface area contributed by atoms with Crippen LogP contribution in [0.1, 0.15) is 37.9 Å². The van der Waals surface area contributed by atoms with Crippen LogP contribution in [0.2, 0.25) is 0 Å². The maximum atomic E-state index is 12.5. The molecule has 6 nitrogen and oxygen atoms in total. The van der Waals surface area contributed by atoms with E-state index in [1.54, 1.807) is 6.20 Å². The molecule has 2 amide bonds. The van der Waals surface area contributed by atoms with E-state index in [-0.39, 0.29) is 11.8 Å². The molecule has 7 heteroatoms. The van der Waals surface area contributed by atoms with E-state index in [0.717, 1.165) is 27.7 Å². The predicted octanol–water partition coefficient (Wildman–Crippen LogP) is 4.58. The molecule has 3 N–H and O–H groups in total. The molecule has 2 bridgehead atoms. The van der Waals surface area contributed by atoms with Crippen molar-refractivity contribution >= 4 is 33.6 Å². The molecule has 0 fully saturated rings. The molecule has 1 aliphatic heterocycles. The van der Waals surface area contributed by atoms with Crippen LogP contribution < -0.4 is 10.6 Å². The Morgan fingerprint density at radius 2 is 2.12 bits per heavy atom. The van der Waals surface area contributed by atoms with Crippen LogP contribution in [0.5, 0.6) is 0 Å². The molecule has 26 heavy (non-hydrogen) atoms. The number of amides is 2. The van der Waals surface area contributed by atoms with Gasteiger partial charge in [-0.25, -0.2) is 4.79 Å². The third-order valence-corrected chi connectivity index (χ3v) is 5.06. The van der Waals surface area contributed by atoms with Gasteiger partial charge in [-0.1, -0.05) is 35.3 Å². The second kappa shape index (κ2) is 7.86. The normalized spacial score (nSPS) is 20.2. The molecule has 136 valence electrons. The lowest BCUT2D eigenvalue weighted by Gasteiger charge is -2.21. The number of carbonyl (C=O) groups is 2. The first-order valence-electron chi connectivity index (χ1n) is 8.50. The van der Waals surface area contributed by atoms with Crippen molar-refractivity contribution < 1.29 is 14.7 Å². The number of aromatic nitrogens is 1. The molecule has 0 unspecified atom stereocenters. The molecule has 0 radical (unpaired) electrons. The van der Waals surface area contributed by atoms with Crippen molar-refractivity contribution in [3.63, 3.8) is 0 Å². The first-order valence-corrected chi connectivity index (χ1v) is 9.29. The van der Waals surface area contributed by atoms with Crippen LogP contribution >= 0.6 is 15.9 Å². The smallest absolute Gasteiger partial charge is 0.405 e. The van der Waals surface area contributed by atoms with Crippen molar-refractivity contribution in [1.82, 2.24) is 10.3 Å². The quantitative estimate of drug-likeness (QED) is 0.632. The van der Waals surface area contributed by atoms with Crippen molar-refractivity contribution in [2.24, 2.45) is 5.92 Å². The maximum absolute atomic E-state index is 12.5. The molecule has 0 spiro atoms. The monoisotopic (exact) mass is 417 g/mol. The van der Waals surface area contributed by atoms with Gasteiger partial charge in [0.15, 0.2) is 0 Å². The molecule has 2 aromatic rings. The number of hydrogen-bond donors (Lipinski definition) is 3. The molecule has 1 aliphatic rings. The highest BCUT2D eigenvalue weighted by molar-refractivity contribution is 9.10. The minimum Gasteiger partial charge on any atom is -0.465 e. The van der Waals surface area contributed by atoms with Gasteiger partial charge in [-0.15, -0.1) is 0 Å². The zero-order valence-electron chi connectivity index (χ0n) is 14.3. The molecule has 0 saturated carbocycles. The van der Waals surface area contributed by atoms with Crippen molar-refractivity contribution in [3.05, 3.63) is 46.7 Å². The first-order chi connectivity index (χ1) is 12.4. The lowest BCUT2D eigenvalue weighted by molar-refractivity contribution is -0.119. The van der Waals surface area contributed by atoms with Gasteiger partial charge in [-0.3, -0.25) is 9.78 Å². The lowest BCUT2D eigenvalue weighted by Crippen LogP contribution is -2.28. The molecule has 1 aromatic heterocycles. The van der Waals surface area contributed by atoms with E-state index in [1.807, 2.05) is 37.3 Å². The topological polar surface area (TPSA) is 91.3 Å². The van der Waals surface area contributed by atoms with E-state index in [1.165, 1.54) is 0 Å². The number of anilines is 1. The molecule has 2 heterocycles. The number of benzene rings is 1. The molecule has 0 aliphatic carbocycles. The summed E-state index contributed by atoms with van der Waals surface area (Å²) in [6.45, 7) is 1.88. The van der Waals surface area contributed by atoms with Gasteiger partial charge in [0.1, 0.15) is 0 Å². The fraction of sp³-hybridized carbons (Fsp3) is 0.316. The lowest BCUT2D eigenvalue weighted by atomic mass is 9.95. The van der Waals surface area contributed by atoms with E-state index >= 15 is 0 Å². The Kier molecular flexibility index (Phi) is 5.56. The molecular formula is C19H20BrN3O3. The number of pyridine rings is 1. The van der Waals surface area contributed by atoms with Crippen molar-refractivity contribution in [2.75, 3.05) is 5.32 Å². The number of carboxylic acid groups (broad SMARTS) is 1. The highest BCUT2D eigenvalue weighted by Gasteiger charge is 2.21. The number of fused-ring (bicyclic) bond motifs is 4. The Labute approximate surface area is 160 Å². The van der Waals surface area contributed by atoms with Crippen LogP contribution in [0.4, 0.5) is 10.5 Å².